The number of hydrogen-bond acceptors (Lipinski definition) is 4. The quantitative estimate of drug-likeness (QED) is 0.929. The molecule has 0 aromatic heterocycles. The van der Waals surface area contributed by atoms with Crippen molar-refractivity contribution in [2.24, 2.45) is 0 Å². The minimum absolute atomic E-state index is 0.00448. The number of rotatable bonds is 4. The summed E-state index contributed by atoms with van der Waals surface area (Å²) in [6.07, 6.45) is 0.282. The average molecular weight is 332 g/mol. The van der Waals surface area contributed by atoms with Crippen molar-refractivity contribution in [3.05, 3.63) is 48.0 Å². The molecule has 1 aliphatic rings. The fraction of sp³-hybridized carbons (Fsp3) is 0.188. The number of ether oxygens (including phenoxy) is 1. The molecule has 0 atom stereocenters. The fourth-order valence-electron chi connectivity index (χ4n) is 2.50. The Hall–Kier alpha value is -2.54. The van der Waals surface area contributed by atoms with Gasteiger partial charge in [0.05, 0.1) is 18.4 Å². The highest BCUT2D eigenvalue weighted by Crippen LogP contribution is 2.30. The van der Waals surface area contributed by atoms with Crippen LogP contribution in [0.1, 0.15) is 5.56 Å². The lowest BCUT2D eigenvalue weighted by atomic mass is 10.1. The molecular weight excluding hydrogens is 316 g/mol. The molecule has 0 fully saturated rings. The van der Waals surface area contributed by atoms with Gasteiger partial charge in [-0.2, -0.15) is 0 Å². The molecule has 0 saturated heterocycles. The van der Waals surface area contributed by atoms with Gasteiger partial charge in [-0.15, -0.1) is 0 Å². The molecule has 1 N–H and O–H groups in total. The first-order chi connectivity index (χ1) is 10.9. The van der Waals surface area contributed by atoms with Gasteiger partial charge < -0.3 is 9.64 Å². The normalized spacial score (nSPS) is 13.8. The number of methoxy groups -OCH3 is 1. The first-order valence-electron chi connectivity index (χ1n) is 6.97. The maximum absolute atomic E-state index is 12.4. The molecule has 7 heteroatoms. The molecule has 0 unspecified atom stereocenters. The topological polar surface area (TPSA) is 75.7 Å². The van der Waals surface area contributed by atoms with Crippen LogP contribution < -0.4 is 14.4 Å². The van der Waals surface area contributed by atoms with E-state index in [0.717, 1.165) is 11.3 Å². The van der Waals surface area contributed by atoms with Gasteiger partial charge in [0.25, 0.3) is 10.0 Å². The van der Waals surface area contributed by atoms with Crippen molar-refractivity contribution in [1.82, 2.24) is 0 Å². The molecule has 1 aliphatic heterocycles. The number of likely N-dealkylation sites (N-methyl/N-ethyl adjacent to an activating group) is 1. The molecule has 1 amide bonds. The maximum atomic E-state index is 12.4. The van der Waals surface area contributed by atoms with Gasteiger partial charge >= 0.3 is 0 Å². The number of amides is 1. The number of hydrogen-bond donors (Lipinski definition) is 1. The molecular formula is C16H16N2O4S. The Morgan fingerprint density at radius 1 is 1.13 bits per heavy atom. The van der Waals surface area contributed by atoms with Crippen LogP contribution in [-0.2, 0) is 21.2 Å². The van der Waals surface area contributed by atoms with Crippen molar-refractivity contribution in [3.63, 3.8) is 0 Å². The van der Waals surface area contributed by atoms with Crippen LogP contribution in [-0.4, -0.2) is 28.5 Å². The summed E-state index contributed by atoms with van der Waals surface area (Å²) in [5.74, 6) is 0.582. The maximum Gasteiger partial charge on any atom is 0.261 e. The molecule has 0 saturated carbocycles. The van der Waals surface area contributed by atoms with Crippen LogP contribution in [0.5, 0.6) is 5.75 Å². The number of fused-ring (bicyclic) bond motifs is 1. The summed E-state index contributed by atoms with van der Waals surface area (Å²) in [5.41, 5.74) is 2.05. The molecule has 120 valence electrons. The second-order valence-electron chi connectivity index (χ2n) is 5.25. The van der Waals surface area contributed by atoms with E-state index in [2.05, 4.69) is 4.72 Å². The molecule has 6 nitrogen and oxygen atoms in total. The molecule has 3 rings (SSSR count). The molecule has 2 aromatic carbocycles. The van der Waals surface area contributed by atoms with Crippen molar-refractivity contribution >= 4 is 27.3 Å². The number of nitrogens with one attached hydrogen (secondary N) is 1. The monoisotopic (exact) mass is 332 g/mol. The van der Waals surface area contributed by atoms with E-state index in [1.165, 1.54) is 19.2 Å². The number of carbonyl (C=O) groups excluding carboxylic acids is 1. The van der Waals surface area contributed by atoms with E-state index in [1.807, 2.05) is 0 Å². The number of sulfonamides is 1. The average Bonchev–Trinajstić information content (AvgIpc) is 2.81. The number of anilines is 2. The second kappa shape index (κ2) is 5.58. The van der Waals surface area contributed by atoms with E-state index in [9.17, 15) is 13.2 Å². The fourth-order valence-corrected chi connectivity index (χ4v) is 3.55. The standard InChI is InChI=1S/C16H16N2O4S/c1-18-15-8-3-12(9-11(15)10-16(18)19)17-23(20,21)14-6-4-13(22-2)5-7-14/h3-9,17H,10H2,1-2H3. The van der Waals surface area contributed by atoms with Crippen LogP contribution in [0.4, 0.5) is 11.4 Å². The lowest BCUT2D eigenvalue weighted by Crippen LogP contribution is -2.20. The first-order valence-corrected chi connectivity index (χ1v) is 8.45. The van der Waals surface area contributed by atoms with Gasteiger partial charge in [-0.25, -0.2) is 8.42 Å². The molecule has 23 heavy (non-hydrogen) atoms. The van der Waals surface area contributed by atoms with Crippen molar-refractivity contribution in [2.45, 2.75) is 11.3 Å². The zero-order valence-electron chi connectivity index (χ0n) is 12.7. The molecule has 2 aromatic rings. The third kappa shape index (κ3) is 2.87. The van der Waals surface area contributed by atoms with Crippen LogP contribution in [0.3, 0.4) is 0 Å². The van der Waals surface area contributed by atoms with Gasteiger partial charge in [0.1, 0.15) is 5.75 Å². The van der Waals surface area contributed by atoms with Gasteiger partial charge in [0, 0.05) is 18.4 Å². The Bertz CT molecular complexity index is 860. The summed E-state index contributed by atoms with van der Waals surface area (Å²) in [6.45, 7) is 0. The Kier molecular flexibility index (Phi) is 3.73. The Balaban J connectivity index is 1.86. The van der Waals surface area contributed by atoms with Crippen molar-refractivity contribution in [2.75, 3.05) is 23.8 Å². The number of nitrogens with zero attached hydrogens (tertiary/aromatic N) is 1. The van der Waals surface area contributed by atoms with E-state index in [-0.39, 0.29) is 17.2 Å². The summed E-state index contributed by atoms with van der Waals surface area (Å²) in [4.78, 5) is 13.4. The smallest absolute Gasteiger partial charge is 0.261 e. The van der Waals surface area contributed by atoms with Crippen molar-refractivity contribution in [3.8, 4) is 5.75 Å². The van der Waals surface area contributed by atoms with E-state index < -0.39 is 10.0 Å². The van der Waals surface area contributed by atoms with Gasteiger partial charge in [-0.3, -0.25) is 9.52 Å². The van der Waals surface area contributed by atoms with Crippen LogP contribution in [0.15, 0.2) is 47.4 Å². The minimum Gasteiger partial charge on any atom is -0.497 e. The minimum atomic E-state index is -3.69. The van der Waals surface area contributed by atoms with E-state index >= 15 is 0 Å². The van der Waals surface area contributed by atoms with E-state index in [4.69, 9.17) is 4.74 Å². The summed E-state index contributed by atoms with van der Waals surface area (Å²) in [6, 6.07) is 11.2. The van der Waals surface area contributed by atoms with Gasteiger partial charge in [-0.1, -0.05) is 0 Å². The lowest BCUT2D eigenvalue weighted by Gasteiger charge is -2.12. The third-order valence-electron chi connectivity index (χ3n) is 3.78. The molecule has 0 radical (unpaired) electrons. The van der Waals surface area contributed by atoms with Crippen molar-refractivity contribution < 1.29 is 17.9 Å². The van der Waals surface area contributed by atoms with Gasteiger partial charge in [0.2, 0.25) is 5.91 Å². The predicted octanol–water partition coefficient (Wildman–Crippen LogP) is 2.01. The number of benzene rings is 2. The zero-order chi connectivity index (χ0) is 16.6. The summed E-state index contributed by atoms with van der Waals surface area (Å²) in [7, 11) is -0.465. The van der Waals surface area contributed by atoms with Crippen LogP contribution in [0.25, 0.3) is 0 Å². The summed E-state index contributed by atoms with van der Waals surface area (Å²) in [5, 5.41) is 0. The van der Waals surface area contributed by atoms with E-state index in [0.29, 0.717) is 11.4 Å². The second-order valence-corrected chi connectivity index (χ2v) is 6.94. The van der Waals surface area contributed by atoms with Gasteiger partial charge in [0.15, 0.2) is 0 Å². The number of carbonyl (C=O) groups is 1. The lowest BCUT2D eigenvalue weighted by molar-refractivity contribution is -0.117. The largest absolute Gasteiger partial charge is 0.497 e. The molecule has 0 spiro atoms. The SMILES string of the molecule is COc1ccc(S(=O)(=O)Nc2ccc3c(c2)CC(=O)N3C)cc1. The Labute approximate surface area is 134 Å². The highest BCUT2D eigenvalue weighted by Gasteiger charge is 2.24. The Morgan fingerprint density at radius 2 is 1.83 bits per heavy atom. The van der Waals surface area contributed by atoms with Crippen LogP contribution in [0.2, 0.25) is 0 Å². The van der Waals surface area contributed by atoms with Crippen LogP contribution >= 0.6 is 0 Å². The van der Waals surface area contributed by atoms with Crippen molar-refractivity contribution in [1.29, 1.82) is 0 Å². The highest BCUT2D eigenvalue weighted by molar-refractivity contribution is 7.92. The highest BCUT2D eigenvalue weighted by atomic mass is 32.2. The molecule has 1 heterocycles. The predicted molar refractivity (Wildman–Crippen MR) is 87.4 cm³/mol. The zero-order valence-corrected chi connectivity index (χ0v) is 13.6. The first kappa shape index (κ1) is 15.4. The summed E-state index contributed by atoms with van der Waals surface area (Å²) >= 11 is 0. The van der Waals surface area contributed by atoms with E-state index in [1.54, 1.807) is 42.3 Å². The summed E-state index contributed by atoms with van der Waals surface area (Å²) < 4.78 is 32.4. The molecule has 0 aliphatic carbocycles. The van der Waals surface area contributed by atoms with Gasteiger partial charge in [-0.05, 0) is 48.0 Å². The third-order valence-corrected chi connectivity index (χ3v) is 5.18. The Morgan fingerprint density at radius 3 is 2.48 bits per heavy atom. The molecule has 0 bridgehead atoms. The van der Waals surface area contributed by atoms with Crippen LogP contribution in [0, 0.1) is 0 Å².